The maximum atomic E-state index is 5.35. The molecule has 0 heterocycles. The third-order valence-corrected chi connectivity index (χ3v) is 1.48. The molecule has 1 aromatic carbocycles. The Hall–Kier alpha value is -0.890. The predicted octanol–water partition coefficient (Wildman–Crippen LogP) is 2.46. The summed E-state index contributed by atoms with van der Waals surface area (Å²) in [5.74, 6) is 0.907. The third-order valence-electron chi connectivity index (χ3n) is 1.25. The van der Waals surface area contributed by atoms with Crippen molar-refractivity contribution in [2.24, 2.45) is 0 Å². The second kappa shape index (κ2) is 4.85. The van der Waals surface area contributed by atoms with Gasteiger partial charge in [0.2, 0.25) is 0 Å². The maximum absolute atomic E-state index is 5.35. The Labute approximate surface area is 72.0 Å². The number of benzene rings is 1. The smallest absolute Gasteiger partial charge is 0.119 e. The van der Waals surface area contributed by atoms with E-state index in [4.69, 9.17) is 4.74 Å². The van der Waals surface area contributed by atoms with Crippen molar-refractivity contribution < 1.29 is 4.74 Å². The summed E-state index contributed by atoms with van der Waals surface area (Å²) in [5.41, 5.74) is 0. The fourth-order valence-electron chi connectivity index (χ4n) is 0.742. The average molecular weight is 166 g/mol. The molecular formula is C9H10OS. The van der Waals surface area contributed by atoms with Crippen molar-refractivity contribution in [3.63, 3.8) is 0 Å². The van der Waals surface area contributed by atoms with Gasteiger partial charge in [0.15, 0.2) is 0 Å². The van der Waals surface area contributed by atoms with E-state index in [0.29, 0.717) is 6.61 Å². The summed E-state index contributed by atoms with van der Waals surface area (Å²) >= 11 is 4.66. The van der Waals surface area contributed by atoms with Gasteiger partial charge in [-0.25, -0.2) is 0 Å². The third kappa shape index (κ3) is 3.14. The number of ether oxygens (including phenoxy) is 1. The molecule has 0 saturated heterocycles. The minimum absolute atomic E-state index is 0.674. The molecule has 11 heavy (non-hydrogen) atoms. The van der Waals surface area contributed by atoms with Gasteiger partial charge in [-0.05, 0) is 17.5 Å². The molecule has 0 spiro atoms. The lowest BCUT2D eigenvalue weighted by Crippen LogP contribution is -1.96. The molecule has 0 aliphatic rings. The molecule has 0 aromatic heterocycles. The lowest BCUT2D eigenvalue weighted by molar-refractivity contribution is 0.331. The zero-order chi connectivity index (χ0) is 7.94. The molecular weight excluding hydrogens is 156 g/mol. The Morgan fingerprint density at radius 2 is 2.00 bits per heavy atom. The van der Waals surface area contributed by atoms with Crippen molar-refractivity contribution >= 4 is 17.6 Å². The van der Waals surface area contributed by atoms with Crippen molar-refractivity contribution in [3.8, 4) is 5.75 Å². The quantitative estimate of drug-likeness (QED) is 0.502. The molecule has 0 bridgehead atoms. The highest BCUT2D eigenvalue weighted by Gasteiger charge is 1.87. The second-order valence-electron chi connectivity index (χ2n) is 2.12. The van der Waals surface area contributed by atoms with Gasteiger partial charge < -0.3 is 4.74 Å². The molecule has 1 rings (SSSR count). The topological polar surface area (TPSA) is 9.23 Å². The fraction of sp³-hybridized carbons (Fsp3) is 0.222. The van der Waals surface area contributed by atoms with Gasteiger partial charge >= 0.3 is 0 Å². The molecule has 0 aliphatic heterocycles. The first-order valence-corrected chi connectivity index (χ1v) is 4.02. The van der Waals surface area contributed by atoms with Crippen LogP contribution in [0, 0.1) is 0 Å². The minimum Gasteiger partial charge on any atom is -0.493 e. The van der Waals surface area contributed by atoms with Crippen molar-refractivity contribution in [3.05, 3.63) is 30.3 Å². The summed E-state index contributed by atoms with van der Waals surface area (Å²) < 4.78 is 5.35. The number of hydrogen-bond acceptors (Lipinski definition) is 2. The van der Waals surface area contributed by atoms with Crippen molar-refractivity contribution in [1.82, 2.24) is 0 Å². The van der Waals surface area contributed by atoms with Crippen LogP contribution in [0.15, 0.2) is 30.3 Å². The lowest BCUT2D eigenvalue weighted by Gasteiger charge is -2.01. The summed E-state index contributed by atoms with van der Waals surface area (Å²) in [5, 5.41) is 1.68. The highest BCUT2D eigenvalue weighted by Crippen LogP contribution is 2.07. The van der Waals surface area contributed by atoms with Crippen LogP contribution >= 0.6 is 12.2 Å². The van der Waals surface area contributed by atoms with Crippen LogP contribution in [0.25, 0.3) is 0 Å². The Morgan fingerprint density at radius 3 is 2.64 bits per heavy atom. The van der Waals surface area contributed by atoms with Crippen LogP contribution in [0.3, 0.4) is 0 Å². The van der Waals surface area contributed by atoms with Gasteiger partial charge in [0.25, 0.3) is 0 Å². The van der Waals surface area contributed by atoms with Gasteiger partial charge in [0, 0.05) is 6.42 Å². The minimum atomic E-state index is 0.674. The molecule has 0 amide bonds. The average Bonchev–Trinajstić information content (AvgIpc) is 2.07. The Kier molecular flexibility index (Phi) is 3.62. The Morgan fingerprint density at radius 1 is 1.27 bits per heavy atom. The SMILES string of the molecule is S=CCCOc1ccccc1. The second-order valence-corrected chi connectivity index (χ2v) is 2.45. The number of thiocarbonyl (C=S) groups is 1. The van der Waals surface area contributed by atoms with E-state index in [1.54, 1.807) is 5.37 Å². The van der Waals surface area contributed by atoms with E-state index in [-0.39, 0.29) is 0 Å². The zero-order valence-corrected chi connectivity index (χ0v) is 7.01. The van der Waals surface area contributed by atoms with Gasteiger partial charge in [-0.3, -0.25) is 0 Å². The van der Waals surface area contributed by atoms with E-state index in [1.165, 1.54) is 0 Å². The molecule has 2 heteroatoms. The standard InChI is InChI=1S/C9H10OS/c11-8-4-7-10-9-5-2-1-3-6-9/h1-3,5-6,8H,4,7H2. The zero-order valence-electron chi connectivity index (χ0n) is 6.19. The van der Waals surface area contributed by atoms with Crippen molar-refractivity contribution in [1.29, 1.82) is 0 Å². The summed E-state index contributed by atoms with van der Waals surface area (Å²) in [6.45, 7) is 0.674. The maximum Gasteiger partial charge on any atom is 0.119 e. The van der Waals surface area contributed by atoms with Crippen LogP contribution in [0.5, 0.6) is 5.75 Å². The molecule has 0 fully saturated rings. The van der Waals surface area contributed by atoms with E-state index in [0.717, 1.165) is 12.2 Å². The summed E-state index contributed by atoms with van der Waals surface area (Å²) in [6, 6.07) is 9.73. The van der Waals surface area contributed by atoms with Crippen LogP contribution < -0.4 is 4.74 Å². The molecule has 0 radical (unpaired) electrons. The number of rotatable bonds is 4. The highest BCUT2D eigenvalue weighted by atomic mass is 32.1. The van der Waals surface area contributed by atoms with E-state index < -0.39 is 0 Å². The number of hydrogen-bond donors (Lipinski definition) is 0. The molecule has 0 aliphatic carbocycles. The van der Waals surface area contributed by atoms with E-state index in [2.05, 4.69) is 12.2 Å². The van der Waals surface area contributed by atoms with Crippen LogP contribution in [0.4, 0.5) is 0 Å². The largest absolute Gasteiger partial charge is 0.493 e. The first-order chi connectivity index (χ1) is 5.43. The summed E-state index contributed by atoms with van der Waals surface area (Å²) in [7, 11) is 0. The molecule has 0 N–H and O–H groups in total. The monoisotopic (exact) mass is 166 g/mol. The van der Waals surface area contributed by atoms with Gasteiger partial charge in [0.05, 0.1) is 6.61 Å². The van der Waals surface area contributed by atoms with E-state index >= 15 is 0 Å². The fourth-order valence-corrected chi connectivity index (χ4v) is 0.838. The summed E-state index contributed by atoms with van der Waals surface area (Å²) in [6.07, 6.45) is 0.824. The van der Waals surface area contributed by atoms with E-state index in [9.17, 15) is 0 Å². The van der Waals surface area contributed by atoms with Crippen molar-refractivity contribution in [2.75, 3.05) is 6.61 Å². The van der Waals surface area contributed by atoms with Crippen molar-refractivity contribution in [2.45, 2.75) is 6.42 Å². The van der Waals surface area contributed by atoms with Gasteiger partial charge in [-0.15, -0.1) is 0 Å². The molecule has 58 valence electrons. The molecule has 1 aromatic rings. The van der Waals surface area contributed by atoms with E-state index in [1.807, 2.05) is 30.3 Å². The van der Waals surface area contributed by atoms with Crippen LogP contribution in [-0.4, -0.2) is 12.0 Å². The molecule has 1 nitrogen and oxygen atoms in total. The molecule has 0 unspecified atom stereocenters. The Balaban J connectivity index is 2.33. The van der Waals surface area contributed by atoms with Gasteiger partial charge in [-0.1, -0.05) is 30.4 Å². The first kappa shape index (κ1) is 8.21. The summed E-state index contributed by atoms with van der Waals surface area (Å²) in [4.78, 5) is 0. The lowest BCUT2D eigenvalue weighted by atomic mass is 10.3. The van der Waals surface area contributed by atoms with Gasteiger partial charge in [0.1, 0.15) is 5.75 Å². The molecule has 0 atom stereocenters. The molecule has 0 saturated carbocycles. The van der Waals surface area contributed by atoms with Crippen LogP contribution in [-0.2, 0) is 0 Å². The van der Waals surface area contributed by atoms with Crippen LogP contribution in [0.1, 0.15) is 6.42 Å². The normalized spacial score (nSPS) is 9.09. The van der Waals surface area contributed by atoms with Crippen LogP contribution in [0.2, 0.25) is 0 Å². The Bertz CT molecular complexity index is 208. The highest BCUT2D eigenvalue weighted by molar-refractivity contribution is 7.78. The first-order valence-electron chi connectivity index (χ1n) is 3.55. The number of para-hydroxylation sites is 1. The van der Waals surface area contributed by atoms with Gasteiger partial charge in [-0.2, -0.15) is 0 Å². The predicted molar refractivity (Wildman–Crippen MR) is 50.2 cm³/mol.